The monoisotopic (exact) mass is 117 g/mol. The normalized spacial score (nSPS) is 12.8. The van der Waals surface area contributed by atoms with Crippen LogP contribution in [0.15, 0.2) is 0 Å². The maximum Gasteiger partial charge on any atom is 0.312 e. The van der Waals surface area contributed by atoms with E-state index in [-0.39, 0.29) is 6.04 Å². The van der Waals surface area contributed by atoms with Crippen LogP contribution in [0, 0.1) is 0 Å². The number of nitrogens with one attached hydrogen (secondary N) is 1. The van der Waals surface area contributed by atoms with Crippen molar-refractivity contribution in [1.82, 2.24) is 5.32 Å². The lowest BCUT2D eigenvalue weighted by Crippen LogP contribution is -2.40. The maximum atomic E-state index is 10.0. The third-order valence-corrected chi connectivity index (χ3v) is 0.742. The topological polar surface area (TPSA) is 81.1 Å². The first-order chi connectivity index (χ1) is 3.66. The maximum absolute atomic E-state index is 10.0. The van der Waals surface area contributed by atoms with E-state index in [2.05, 4.69) is 5.32 Å². The number of primary amides is 1. The van der Waals surface area contributed by atoms with Crippen LogP contribution < -0.4 is 16.8 Å². The quantitative estimate of drug-likeness (QED) is 0.433. The van der Waals surface area contributed by atoms with Crippen molar-refractivity contribution in [3.8, 4) is 0 Å². The largest absolute Gasteiger partial charge is 0.352 e. The van der Waals surface area contributed by atoms with Gasteiger partial charge in [-0.25, -0.2) is 4.79 Å². The van der Waals surface area contributed by atoms with Crippen LogP contribution in [0.5, 0.6) is 0 Å². The Morgan fingerprint density at radius 1 is 1.88 bits per heavy atom. The summed E-state index contributed by atoms with van der Waals surface area (Å²) >= 11 is 0. The fourth-order valence-electron chi connectivity index (χ4n) is 0.302. The molecule has 0 aromatic heterocycles. The first-order valence-electron chi connectivity index (χ1n) is 2.43. The second kappa shape index (κ2) is 3.26. The van der Waals surface area contributed by atoms with Crippen LogP contribution >= 0.6 is 0 Å². The van der Waals surface area contributed by atoms with E-state index < -0.39 is 6.03 Å². The van der Waals surface area contributed by atoms with Crippen LogP contribution in [0.3, 0.4) is 0 Å². The summed E-state index contributed by atoms with van der Waals surface area (Å²) in [5, 5.41) is 2.41. The predicted molar refractivity (Wildman–Crippen MR) is 31.2 cm³/mol. The van der Waals surface area contributed by atoms with E-state index in [1.807, 2.05) is 0 Å². The molecule has 0 rings (SSSR count). The summed E-state index contributed by atoms with van der Waals surface area (Å²) in [6.07, 6.45) is 0. The van der Waals surface area contributed by atoms with Gasteiger partial charge in [-0.1, -0.05) is 0 Å². The van der Waals surface area contributed by atoms with Gasteiger partial charge in [0.25, 0.3) is 0 Å². The molecule has 0 aromatic carbocycles. The molecule has 2 amide bonds. The molecule has 0 aliphatic heterocycles. The first kappa shape index (κ1) is 7.23. The van der Waals surface area contributed by atoms with Crippen LogP contribution in [0.2, 0.25) is 0 Å². The molecular weight excluding hydrogens is 106 g/mol. The molecule has 0 saturated heterocycles. The van der Waals surface area contributed by atoms with Crippen molar-refractivity contribution >= 4 is 6.03 Å². The molecule has 0 aliphatic carbocycles. The summed E-state index contributed by atoms with van der Waals surface area (Å²) in [4.78, 5) is 10.0. The van der Waals surface area contributed by atoms with Gasteiger partial charge in [0.1, 0.15) is 0 Å². The molecule has 0 spiro atoms. The molecule has 0 heterocycles. The number of rotatable bonds is 2. The van der Waals surface area contributed by atoms with E-state index in [1.54, 1.807) is 6.92 Å². The molecule has 0 bridgehead atoms. The summed E-state index contributed by atoms with van der Waals surface area (Å²) in [6, 6.07) is -0.546. The van der Waals surface area contributed by atoms with Crippen molar-refractivity contribution in [1.29, 1.82) is 0 Å². The van der Waals surface area contributed by atoms with Crippen molar-refractivity contribution in [2.24, 2.45) is 11.5 Å². The predicted octanol–water partition coefficient (Wildman–Crippen LogP) is -0.998. The van der Waals surface area contributed by atoms with Crippen molar-refractivity contribution < 1.29 is 4.79 Å². The molecule has 4 nitrogen and oxygen atoms in total. The zero-order valence-electron chi connectivity index (χ0n) is 4.85. The number of amides is 2. The van der Waals surface area contributed by atoms with Gasteiger partial charge in [-0.3, -0.25) is 0 Å². The van der Waals surface area contributed by atoms with Gasteiger partial charge < -0.3 is 16.8 Å². The number of carbonyl (C=O) groups excluding carboxylic acids is 1. The third kappa shape index (κ3) is 3.42. The SMILES string of the molecule is CC(CN)NC(N)=O. The van der Waals surface area contributed by atoms with Gasteiger partial charge in [0.15, 0.2) is 0 Å². The molecular formula is C4H11N3O. The average Bonchev–Trinajstić information content (AvgIpc) is 1.65. The zero-order valence-corrected chi connectivity index (χ0v) is 4.85. The Hall–Kier alpha value is -0.770. The van der Waals surface area contributed by atoms with E-state index in [1.165, 1.54) is 0 Å². The summed E-state index contributed by atoms with van der Waals surface area (Å²) in [6.45, 7) is 2.20. The molecule has 48 valence electrons. The summed E-state index contributed by atoms with van der Waals surface area (Å²) in [5.74, 6) is 0. The molecule has 0 radical (unpaired) electrons. The molecule has 8 heavy (non-hydrogen) atoms. The van der Waals surface area contributed by atoms with Gasteiger partial charge in [0.05, 0.1) is 0 Å². The van der Waals surface area contributed by atoms with Crippen LogP contribution in [-0.4, -0.2) is 18.6 Å². The molecule has 0 aromatic rings. The van der Waals surface area contributed by atoms with Crippen molar-refractivity contribution in [3.05, 3.63) is 0 Å². The van der Waals surface area contributed by atoms with Crippen LogP contribution in [0.1, 0.15) is 6.92 Å². The molecule has 4 heteroatoms. The van der Waals surface area contributed by atoms with Gasteiger partial charge in [-0.05, 0) is 6.92 Å². The highest BCUT2D eigenvalue weighted by molar-refractivity contribution is 5.71. The Morgan fingerprint density at radius 2 is 2.38 bits per heavy atom. The standard InChI is InChI=1S/C4H11N3O/c1-3(2-5)7-4(6)8/h3H,2,5H2,1H3,(H3,6,7,8). The second-order valence-electron chi connectivity index (χ2n) is 1.65. The van der Waals surface area contributed by atoms with E-state index in [0.29, 0.717) is 6.54 Å². The Kier molecular flexibility index (Phi) is 2.95. The van der Waals surface area contributed by atoms with E-state index in [4.69, 9.17) is 11.5 Å². The minimum atomic E-state index is -0.525. The van der Waals surface area contributed by atoms with Crippen molar-refractivity contribution in [2.75, 3.05) is 6.54 Å². The Balaban J connectivity index is 3.24. The lowest BCUT2D eigenvalue weighted by molar-refractivity contribution is 0.246. The van der Waals surface area contributed by atoms with Gasteiger partial charge in [0, 0.05) is 12.6 Å². The van der Waals surface area contributed by atoms with Gasteiger partial charge >= 0.3 is 6.03 Å². The first-order valence-corrected chi connectivity index (χ1v) is 2.43. The number of urea groups is 1. The lowest BCUT2D eigenvalue weighted by Gasteiger charge is -2.06. The van der Waals surface area contributed by atoms with Crippen molar-refractivity contribution in [3.63, 3.8) is 0 Å². The van der Waals surface area contributed by atoms with Gasteiger partial charge in [-0.2, -0.15) is 0 Å². The fraction of sp³-hybridized carbons (Fsp3) is 0.750. The Labute approximate surface area is 48.2 Å². The molecule has 1 atom stereocenters. The molecule has 1 unspecified atom stereocenters. The molecule has 0 aliphatic rings. The summed E-state index contributed by atoms with van der Waals surface area (Å²) < 4.78 is 0. The van der Waals surface area contributed by atoms with Crippen LogP contribution in [0.25, 0.3) is 0 Å². The summed E-state index contributed by atoms with van der Waals surface area (Å²) in [7, 11) is 0. The molecule has 5 N–H and O–H groups in total. The van der Waals surface area contributed by atoms with Crippen LogP contribution in [-0.2, 0) is 0 Å². The van der Waals surface area contributed by atoms with Crippen molar-refractivity contribution in [2.45, 2.75) is 13.0 Å². The third-order valence-electron chi connectivity index (χ3n) is 0.742. The molecule has 0 saturated carbocycles. The number of carbonyl (C=O) groups is 1. The molecule has 0 fully saturated rings. The van der Waals surface area contributed by atoms with E-state index in [0.717, 1.165) is 0 Å². The van der Waals surface area contributed by atoms with Crippen LogP contribution in [0.4, 0.5) is 4.79 Å². The van der Waals surface area contributed by atoms with Gasteiger partial charge in [0.2, 0.25) is 0 Å². The highest BCUT2D eigenvalue weighted by atomic mass is 16.2. The van der Waals surface area contributed by atoms with E-state index >= 15 is 0 Å². The average molecular weight is 117 g/mol. The highest BCUT2D eigenvalue weighted by Gasteiger charge is 1.97. The van der Waals surface area contributed by atoms with Gasteiger partial charge in [-0.15, -0.1) is 0 Å². The minimum absolute atomic E-state index is 0.0208. The number of hydrogen-bond donors (Lipinski definition) is 3. The summed E-state index contributed by atoms with van der Waals surface area (Å²) in [5.41, 5.74) is 9.91. The zero-order chi connectivity index (χ0) is 6.57. The number of hydrogen-bond acceptors (Lipinski definition) is 2. The number of nitrogens with two attached hydrogens (primary N) is 2. The Bertz CT molecular complexity index is 83.4. The minimum Gasteiger partial charge on any atom is -0.352 e. The second-order valence-corrected chi connectivity index (χ2v) is 1.65. The van der Waals surface area contributed by atoms with E-state index in [9.17, 15) is 4.79 Å². The highest BCUT2D eigenvalue weighted by Crippen LogP contribution is 1.71. The smallest absolute Gasteiger partial charge is 0.312 e. The lowest BCUT2D eigenvalue weighted by atomic mass is 10.3. The fourth-order valence-corrected chi connectivity index (χ4v) is 0.302. The Morgan fingerprint density at radius 3 is 2.50 bits per heavy atom.